The maximum Gasteiger partial charge on any atom is 0.265 e. The van der Waals surface area contributed by atoms with E-state index in [-0.39, 0.29) is 17.7 Å². The number of rotatable bonds is 6. The molecule has 0 saturated heterocycles. The average Bonchev–Trinajstić information content (AvgIpc) is 3.40. The highest BCUT2D eigenvalue weighted by Crippen LogP contribution is 2.24. The third-order valence-corrected chi connectivity index (χ3v) is 4.20. The van der Waals surface area contributed by atoms with Gasteiger partial charge in [0.2, 0.25) is 0 Å². The first-order valence-electron chi connectivity index (χ1n) is 8.26. The van der Waals surface area contributed by atoms with Gasteiger partial charge in [-0.15, -0.1) is 0 Å². The molecule has 0 radical (unpaired) electrons. The standard InChI is InChI=1S/C19H18ClFN2O3/c1-11(26-15-4-2-3-12(21)9-15)18(24)23-14-7-8-17(20)16(10-14)19(25)22-13-5-6-13/h2-4,7-11,13H,5-6H2,1H3,(H,22,25)(H,23,24). The smallest absolute Gasteiger partial charge is 0.265 e. The lowest BCUT2D eigenvalue weighted by Crippen LogP contribution is -2.30. The molecule has 2 amide bonds. The Labute approximate surface area is 155 Å². The van der Waals surface area contributed by atoms with Gasteiger partial charge in [0.1, 0.15) is 11.6 Å². The summed E-state index contributed by atoms with van der Waals surface area (Å²) in [4.78, 5) is 24.5. The van der Waals surface area contributed by atoms with Crippen LogP contribution in [0, 0.1) is 5.82 Å². The van der Waals surface area contributed by atoms with Gasteiger partial charge < -0.3 is 15.4 Å². The van der Waals surface area contributed by atoms with E-state index in [1.165, 1.54) is 24.3 Å². The van der Waals surface area contributed by atoms with Crippen LogP contribution in [0.4, 0.5) is 10.1 Å². The molecule has 1 atom stereocenters. The molecule has 1 unspecified atom stereocenters. The second-order valence-electron chi connectivity index (χ2n) is 6.15. The summed E-state index contributed by atoms with van der Waals surface area (Å²) >= 11 is 6.08. The van der Waals surface area contributed by atoms with Crippen molar-refractivity contribution >= 4 is 29.1 Å². The Morgan fingerprint density at radius 2 is 2.00 bits per heavy atom. The van der Waals surface area contributed by atoms with Crippen molar-refractivity contribution in [2.75, 3.05) is 5.32 Å². The van der Waals surface area contributed by atoms with Crippen LogP contribution in [0.3, 0.4) is 0 Å². The van der Waals surface area contributed by atoms with Crippen molar-refractivity contribution in [3.8, 4) is 5.75 Å². The van der Waals surface area contributed by atoms with Crippen LogP contribution in [0.25, 0.3) is 0 Å². The monoisotopic (exact) mass is 376 g/mol. The molecule has 1 aliphatic rings. The van der Waals surface area contributed by atoms with Crippen LogP contribution < -0.4 is 15.4 Å². The third kappa shape index (κ3) is 4.73. The van der Waals surface area contributed by atoms with Gasteiger partial charge in [0.15, 0.2) is 6.10 Å². The summed E-state index contributed by atoms with van der Waals surface area (Å²) in [6.07, 6.45) is 1.08. The molecule has 2 N–H and O–H groups in total. The second kappa shape index (κ2) is 7.74. The molecule has 2 aromatic rings. The number of hydrogen-bond donors (Lipinski definition) is 2. The molecule has 26 heavy (non-hydrogen) atoms. The van der Waals surface area contributed by atoms with E-state index in [9.17, 15) is 14.0 Å². The van der Waals surface area contributed by atoms with Crippen molar-refractivity contribution < 1.29 is 18.7 Å². The van der Waals surface area contributed by atoms with Gasteiger partial charge in [-0.3, -0.25) is 9.59 Å². The molecule has 1 aliphatic carbocycles. The van der Waals surface area contributed by atoms with E-state index in [0.29, 0.717) is 16.3 Å². The largest absolute Gasteiger partial charge is 0.481 e. The number of anilines is 1. The third-order valence-electron chi connectivity index (χ3n) is 3.87. The molecule has 2 aromatic carbocycles. The zero-order chi connectivity index (χ0) is 18.7. The predicted molar refractivity (Wildman–Crippen MR) is 97.1 cm³/mol. The molecular formula is C19H18ClFN2O3. The van der Waals surface area contributed by atoms with Crippen LogP contribution in [-0.2, 0) is 4.79 Å². The van der Waals surface area contributed by atoms with E-state index >= 15 is 0 Å². The minimum Gasteiger partial charge on any atom is -0.481 e. The Balaban J connectivity index is 1.65. The minimum absolute atomic E-state index is 0.205. The summed E-state index contributed by atoms with van der Waals surface area (Å²) in [6, 6.07) is 10.4. The van der Waals surface area contributed by atoms with Crippen molar-refractivity contribution in [2.24, 2.45) is 0 Å². The Kier molecular flexibility index (Phi) is 5.42. The molecule has 1 saturated carbocycles. The fraction of sp³-hybridized carbons (Fsp3) is 0.263. The van der Waals surface area contributed by atoms with Crippen molar-refractivity contribution in [3.63, 3.8) is 0 Å². The lowest BCUT2D eigenvalue weighted by molar-refractivity contribution is -0.122. The maximum absolute atomic E-state index is 13.2. The van der Waals surface area contributed by atoms with Crippen LogP contribution >= 0.6 is 11.6 Å². The molecule has 0 spiro atoms. The number of halogens is 2. The number of nitrogens with one attached hydrogen (secondary N) is 2. The molecule has 0 bridgehead atoms. The molecule has 0 aromatic heterocycles. The summed E-state index contributed by atoms with van der Waals surface area (Å²) < 4.78 is 18.6. The van der Waals surface area contributed by atoms with Gasteiger partial charge in [0.05, 0.1) is 10.6 Å². The summed E-state index contributed by atoms with van der Waals surface area (Å²) in [6.45, 7) is 1.55. The van der Waals surface area contributed by atoms with Gasteiger partial charge >= 0.3 is 0 Å². The zero-order valence-corrected chi connectivity index (χ0v) is 14.8. The van der Waals surface area contributed by atoms with Crippen molar-refractivity contribution in [3.05, 3.63) is 58.9 Å². The number of hydrogen-bond acceptors (Lipinski definition) is 3. The number of ether oxygens (including phenoxy) is 1. The molecular weight excluding hydrogens is 359 g/mol. The van der Waals surface area contributed by atoms with Crippen molar-refractivity contribution in [2.45, 2.75) is 31.9 Å². The Morgan fingerprint density at radius 3 is 2.69 bits per heavy atom. The lowest BCUT2D eigenvalue weighted by atomic mass is 10.1. The molecule has 1 fully saturated rings. The summed E-state index contributed by atoms with van der Waals surface area (Å²) in [7, 11) is 0. The number of benzene rings is 2. The number of amides is 2. The molecule has 0 aliphatic heterocycles. The van der Waals surface area contributed by atoms with Gasteiger partial charge in [-0.05, 0) is 50.1 Å². The molecule has 136 valence electrons. The fourth-order valence-corrected chi connectivity index (χ4v) is 2.51. The molecule has 0 heterocycles. The number of carbonyl (C=O) groups excluding carboxylic acids is 2. The van der Waals surface area contributed by atoms with Crippen LogP contribution in [0.5, 0.6) is 5.75 Å². The molecule has 7 heteroatoms. The Hall–Kier alpha value is -2.60. The van der Waals surface area contributed by atoms with Crippen LogP contribution in [0.1, 0.15) is 30.1 Å². The normalized spacial score (nSPS) is 14.4. The first-order valence-corrected chi connectivity index (χ1v) is 8.63. The van der Waals surface area contributed by atoms with Crippen LogP contribution in [-0.4, -0.2) is 24.0 Å². The fourth-order valence-electron chi connectivity index (χ4n) is 2.31. The van der Waals surface area contributed by atoms with E-state index in [1.54, 1.807) is 25.1 Å². The predicted octanol–water partition coefficient (Wildman–Crippen LogP) is 3.78. The highest BCUT2D eigenvalue weighted by molar-refractivity contribution is 6.34. The summed E-state index contributed by atoms with van der Waals surface area (Å²) in [5.74, 6) is -0.879. The van der Waals surface area contributed by atoms with E-state index in [0.717, 1.165) is 12.8 Å². The zero-order valence-electron chi connectivity index (χ0n) is 14.1. The van der Waals surface area contributed by atoms with Crippen molar-refractivity contribution in [1.82, 2.24) is 5.32 Å². The highest BCUT2D eigenvalue weighted by Gasteiger charge is 2.25. The van der Waals surface area contributed by atoms with E-state index in [2.05, 4.69) is 10.6 Å². The summed E-state index contributed by atoms with van der Waals surface area (Å²) in [5.41, 5.74) is 0.727. The SMILES string of the molecule is CC(Oc1cccc(F)c1)C(=O)Nc1ccc(Cl)c(C(=O)NC2CC2)c1. The molecule has 5 nitrogen and oxygen atoms in total. The van der Waals surface area contributed by atoms with Gasteiger partial charge in [0, 0.05) is 17.8 Å². The van der Waals surface area contributed by atoms with Crippen LogP contribution in [0.2, 0.25) is 5.02 Å². The first kappa shape index (κ1) is 18.2. The lowest BCUT2D eigenvalue weighted by Gasteiger charge is -2.15. The topological polar surface area (TPSA) is 67.4 Å². The van der Waals surface area contributed by atoms with Gasteiger partial charge in [0.25, 0.3) is 11.8 Å². The summed E-state index contributed by atoms with van der Waals surface area (Å²) in [5, 5.41) is 5.84. The van der Waals surface area contributed by atoms with E-state index < -0.39 is 17.8 Å². The maximum atomic E-state index is 13.2. The van der Waals surface area contributed by atoms with Crippen LogP contribution in [0.15, 0.2) is 42.5 Å². The Morgan fingerprint density at radius 1 is 1.23 bits per heavy atom. The van der Waals surface area contributed by atoms with E-state index in [1.807, 2.05) is 0 Å². The highest BCUT2D eigenvalue weighted by atomic mass is 35.5. The molecule has 3 rings (SSSR count). The van der Waals surface area contributed by atoms with Crippen molar-refractivity contribution in [1.29, 1.82) is 0 Å². The van der Waals surface area contributed by atoms with Gasteiger partial charge in [-0.2, -0.15) is 0 Å². The number of carbonyl (C=O) groups is 2. The average molecular weight is 377 g/mol. The first-order chi connectivity index (χ1) is 12.4. The van der Waals surface area contributed by atoms with E-state index in [4.69, 9.17) is 16.3 Å². The van der Waals surface area contributed by atoms with Gasteiger partial charge in [-0.1, -0.05) is 17.7 Å². The minimum atomic E-state index is -0.851. The Bertz CT molecular complexity index is 839. The van der Waals surface area contributed by atoms with Gasteiger partial charge in [-0.25, -0.2) is 4.39 Å². The quantitative estimate of drug-likeness (QED) is 0.806. The second-order valence-corrected chi connectivity index (χ2v) is 6.56.